The normalized spacial score (nSPS) is 20.5. The number of hydrogen-bond acceptors (Lipinski definition) is 3. The van der Waals surface area contributed by atoms with Crippen LogP contribution >= 0.6 is 11.8 Å². The third kappa shape index (κ3) is 1.89. The standard InChI is InChI=1S/C8H17NOS/c1-8(2,11-4)9(3)7-5-10-6-7/h7H,5-6H2,1-4H3. The van der Waals surface area contributed by atoms with Gasteiger partial charge >= 0.3 is 0 Å². The molecule has 3 heteroatoms. The molecule has 0 amide bonds. The molecule has 1 saturated heterocycles. The molecule has 0 aromatic heterocycles. The summed E-state index contributed by atoms with van der Waals surface area (Å²) in [5.41, 5.74) is 0. The molecule has 1 aliphatic heterocycles. The Kier molecular flexibility index (Phi) is 2.84. The van der Waals surface area contributed by atoms with Crippen LogP contribution in [0.2, 0.25) is 0 Å². The minimum atomic E-state index is 0.244. The number of hydrogen-bond donors (Lipinski definition) is 0. The van der Waals surface area contributed by atoms with Gasteiger partial charge in [-0.05, 0) is 27.2 Å². The number of likely N-dealkylation sites (N-methyl/N-ethyl adjacent to an activating group) is 1. The van der Waals surface area contributed by atoms with Gasteiger partial charge in [-0.1, -0.05) is 0 Å². The first-order valence-corrected chi connectivity index (χ1v) is 5.16. The molecule has 0 aromatic rings. The van der Waals surface area contributed by atoms with E-state index in [0.29, 0.717) is 6.04 Å². The summed E-state index contributed by atoms with van der Waals surface area (Å²) >= 11 is 1.88. The maximum absolute atomic E-state index is 5.14. The summed E-state index contributed by atoms with van der Waals surface area (Å²) in [5, 5.41) is 0. The molecule has 0 spiro atoms. The Morgan fingerprint density at radius 1 is 1.45 bits per heavy atom. The molecule has 1 heterocycles. The quantitative estimate of drug-likeness (QED) is 0.602. The maximum atomic E-state index is 5.14. The van der Waals surface area contributed by atoms with E-state index in [1.807, 2.05) is 11.8 Å². The molecule has 66 valence electrons. The summed E-state index contributed by atoms with van der Waals surface area (Å²) in [4.78, 5) is 2.63. The summed E-state index contributed by atoms with van der Waals surface area (Å²) < 4.78 is 5.14. The van der Waals surface area contributed by atoms with E-state index in [1.165, 1.54) is 0 Å². The Balaban J connectivity index is 2.44. The molecule has 0 unspecified atom stereocenters. The first-order valence-electron chi connectivity index (χ1n) is 3.94. The Hall–Kier alpha value is 0.270. The van der Waals surface area contributed by atoms with E-state index in [-0.39, 0.29) is 4.87 Å². The molecule has 1 rings (SSSR count). The molecule has 2 nitrogen and oxygen atoms in total. The summed E-state index contributed by atoms with van der Waals surface area (Å²) in [6, 6.07) is 0.637. The Labute approximate surface area is 73.3 Å². The zero-order valence-corrected chi connectivity index (χ0v) is 8.57. The topological polar surface area (TPSA) is 12.5 Å². The van der Waals surface area contributed by atoms with Crippen molar-refractivity contribution in [2.45, 2.75) is 24.8 Å². The number of ether oxygens (including phenoxy) is 1. The molecular weight excluding hydrogens is 158 g/mol. The predicted molar refractivity (Wildman–Crippen MR) is 50.0 cm³/mol. The van der Waals surface area contributed by atoms with Crippen molar-refractivity contribution >= 4 is 11.8 Å². The molecule has 0 aliphatic carbocycles. The fraction of sp³-hybridized carbons (Fsp3) is 1.00. The minimum Gasteiger partial charge on any atom is -0.378 e. The van der Waals surface area contributed by atoms with E-state index < -0.39 is 0 Å². The van der Waals surface area contributed by atoms with E-state index in [9.17, 15) is 0 Å². The number of rotatable bonds is 3. The zero-order chi connectivity index (χ0) is 8.48. The zero-order valence-electron chi connectivity index (χ0n) is 7.76. The van der Waals surface area contributed by atoms with Crippen LogP contribution in [0.1, 0.15) is 13.8 Å². The second-order valence-electron chi connectivity index (χ2n) is 3.45. The first kappa shape index (κ1) is 9.36. The molecule has 0 aromatic carbocycles. The van der Waals surface area contributed by atoms with E-state index in [0.717, 1.165) is 13.2 Å². The largest absolute Gasteiger partial charge is 0.378 e. The van der Waals surface area contributed by atoms with E-state index in [2.05, 4.69) is 32.1 Å². The number of nitrogens with zero attached hydrogens (tertiary/aromatic N) is 1. The smallest absolute Gasteiger partial charge is 0.0645 e. The summed E-state index contributed by atoms with van der Waals surface area (Å²) in [7, 11) is 2.17. The van der Waals surface area contributed by atoms with Gasteiger partial charge in [-0.15, -0.1) is 11.8 Å². The van der Waals surface area contributed by atoms with E-state index >= 15 is 0 Å². The first-order chi connectivity index (χ1) is 5.08. The van der Waals surface area contributed by atoms with E-state index in [4.69, 9.17) is 4.74 Å². The van der Waals surface area contributed by atoms with Crippen molar-refractivity contribution in [2.24, 2.45) is 0 Å². The lowest BCUT2D eigenvalue weighted by Gasteiger charge is -2.43. The van der Waals surface area contributed by atoms with Gasteiger partial charge in [-0.25, -0.2) is 0 Å². The van der Waals surface area contributed by atoms with Crippen LogP contribution in [-0.2, 0) is 4.74 Å². The molecule has 1 aliphatic rings. The number of thioether (sulfide) groups is 1. The van der Waals surface area contributed by atoms with Gasteiger partial charge in [0.2, 0.25) is 0 Å². The SMILES string of the molecule is CSC(C)(C)N(C)C1COC1. The van der Waals surface area contributed by atoms with Gasteiger partial charge in [0.25, 0.3) is 0 Å². The molecule has 0 bridgehead atoms. The Bertz CT molecular complexity index is 134. The van der Waals surface area contributed by atoms with Gasteiger partial charge in [0.05, 0.1) is 24.1 Å². The second kappa shape index (κ2) is 3.33. The van der Waals surface area contributed by atoms with Crippen LogP contribution in [0.3, 0.4) is 0 Å². The highest BCUT2D eigenvalue weighted by Crippen LogP contribution is 2.28. The molecule has 1 fully saturated rings. The summed E-state index contributed by atoms with van der Waals surface area (Å²) in [5.74, 6) is 0. The second-order valence-corrected chi connectivity index (χ2v) is 4.86. The maximum Gasteiger partial charge on any atom is 0.0645 e. The van der Waals surface area contributed by atoms with Gasteiger partial charge < -0.3 is 4.74 Å². The van der Waals surface area contributed by atoms with Crippen LogP contribution in [0.25, 0.3) is 0 Å². The molecule has 0 radical (unpaired) electrons. The van der Waals surface area contributed by atoms with Crippen molar-refractivity contribution in [1.29, 1.82) is 0 Å². The lowest BCUT2D eigenvalue weighted by molar-refractivity contribution is -0.0700. The lowest BCUT2D eigenvalue weighted by atomic mass is 10.2. The summed E-state index contributed by atoms with van der Waals surface area (Å²) in [6.07, 6.45) is 2.15. The average molecular weight is 175 g/mol. The third-order valence-electron chi connectivity index (χ3n) is 2.52. The van der Waals surface area contributed by atoms with E-state index in [1.54, 1.807) is 0 Å². The van der Waals surface area contributed by atoms with Gasteiger partial charge in [0, 0.05) is 0 Å². The van der Waals surface area contributed by atoms with Crippen molar-refractivity contribution in [3.05, 3.63) is 0 Å². The summed E-state index contributed by atoms with van der Waals surface area (Å²) in [6.45, 7) is 6.30. The van der Waals surface area contributed by atoms with Crippen molar-refractivity contribution in [2.75, 3.05) is 26.5 Å². The molecule has 11 heavy (non-hydrogen) atoms. The molecular formula is C8H17NOS. The predicted octanol–water partition coefficient (Wildman–Crippen LogP) is 1.42. The Morgan fingerprint density at radius 3 is 2.27 bits per heavy atom. The van der Waals surface area contributed by atoms with Gasteiger partial charge in [0.1, 0.15) is 0 Å². The van der Waals surface area contributed by atoms with Crippen molar-refractivity contribution < 1.29 is 4.74 Å². The van der Waals surface area contributed by atoms with Crippen LogP contribution in [0, 0.1) is 0 Å². The fourth-order valence-corrected chi connectivity index (χ4v) is 1.47. The highest BCUT2D eigenvalue weighted by Gasteiger charge is 2.32. The third-order valence-corrected chi connectivity index (χ3v) is 3.80. The molecule has 0 saturated carbocycles. The van der Waals surface area contributed by atoms with Crippen LogP contribution in [0.4, 0.5) is 0 Å². The van der Waals surface area contributed by atoms with Crippen molar-refractivity contribution in [3.8, 4) is 0 Å². The van der Waals surface area contributed by atoms with Gasteiger partial charge in [0.15, 0.2) is 0 Å². The van der Waals surface area contributed by atoms with Crippen LogP contribution in [-0.4, -0.2) is 42.3 Å². The highest BCUT2D eigenvalue weighted by atomic mass is 32.2. The lowest BCUT2D eigenvalue weighted by Crippen LogP contribution is -2.54. The minimum absolute atomic E-state index is 0.244. The average Bonchev–Trinajstić information content (AvgIpc) is 1.84. The van der Waals surface area contributed by atoms with Gasteiger partial charge in [-0.3, -0.25) is 4.90 Å². The Morgan fingerprint density at radius 2 is 2.00 bits per heavy atom. The van der Waals surface area contributed by atoms with Crippen molar-refractivity contribution in [3.63, 3.8) is 0 Å². The van der Waals surface area contributed by atoms with Crippen molar-refractivity contribution in [1.82, 2.24) is 4.90 Å². The van der Waals surface area contributed by atoms with Crippen LogP contribution in [0.5, 0.6) is 0 Å². The fourth-order valence-electron chi connectivity index (χ4n) is 1.03. The van der Waals surface area contributed by atoms with Crippen LogP contribution in [0.15, 0.2) is 0 Å². The van der Waals surface area contributed by atoms with Gasteiger partial charge in [-0.2, -0.15) is 0 Å². The highest BCUT2D eigenvalue weighted by molar-refractivity contribution is 7.99. The monoisotopic (exact) mass is 175 g/mol. The molecule has 0 atom stereocenters. The molecule has 0 N–H and O–H groups in total. The van der Waals surface area contributed by atoms with Crippen LogP contribution < -0.4 is 0 Å².